The maximum absolute atomic E-state index is 12.7. The number of hydrogen-bond donors (Lipinski definition) is 2. The number of nitrogens with zero attached hydrogens (tertiary/aromatic N) is 5. The van der Waals surface area contributed by atoms with E-state index in [-0.39, 0.29) is 17.9 Å². The summed E-state index contributed by atoms with van der Waals surface area (Å²) in [6.45, 7) is 0.906. The number of thiophene rings is 1. The lowest BCUT2D eigenvalue weighted by Gasteiger charge is -2.38. The number of likely N-dealkylation sites (tertiary alicyclic amines) is 1. The van der Waals surface area contributed by atoms with Crippen molar-refractivity contribution >= 4 is 72.3 Å². The number of anilines is 2. The van der Waals surface area contributed by atoms with Crippen molar-refractivity contribution in [1.82, 2.24) is 24.5 Å². The summed E-state index contributed by atoms with van der Waals surface area (Å²) in [5, 5.41) is 18.5. The average Bonchev–Trinajstić information content (AvgIpc) is 3.34. The molecule has 1 amide bonds. The van der Waals surface area contributed by atoms with Crippen molar-refractivity contribution in [3.8, 4) is 0 Å². The van der Waals surface area contributed by atoms with E-state index in [9.17, 15) is 9.90 Å². The number of β-amino-alcohol motifs (C(OH)–C–C–N with tert-alkyl or cyclic N) is 1. The van der Waals surface area contributed by atoms with E-state index >= 15 is 0 Å². The summed E-state index contributed by atoms with van der Waals surface area (Å²) < 4.78 is 4.92. The van der Waals surface area contributed by atoms with Crippen LogP contribution < -0.4 is 5.32 Å². The Morgan fingerprint density at radius 1 is 1.29 bits per heavy atom. The first-order chi connectivity index (χ1) is 15.1. The number of nitrogens with one attached hydrogen (secondary N) is 1. The molecule has 8 nitrogen and oxygen atoms in total. The molecule has 4 heterocycles. The number of aliphatic hydroxyl groups excluding tert-OH is 1. The molecule has 6 rings (SSSR count). The number of halogens is 1. The van der Waals surface area contributed by atoms with Crippen LogP contribution in [0.5, 0.6) is 0 Å². The standard InChI is InChI=1S/C20H17ClN6O2S2/c21-12-4-14-16(31-26-25-14)5-13(12)24-18-17-11-2-1-9(20(29)27-6-10(28)7-27)3-15(11)30-19(17)23-8-22-18/h4-5,8-10,28H,1-3,6-7H2,(H,22,23,24)/t9-/m0/s1. The highest BCUT2D eigenvalue weighted by Crippen LogP contribution is 2.41. The number of carbonyl (C=O) groups excluding carboxylic acids is 1. The summed E-state index contributed by atoms with van der Waals surface area (Å²) in [6, 6.07) is 3.73. The molecule has 0 radical (unpaired) electrons. The summed E-state index contributed by atoms with van der Waals surface area (Å²) in [7, 11) is 0. The van der Waals surface area contributed by atoms with Crippen LogP contribution in [0.25, 0.3) is 20.4 Å². The molecule has 1 aliphatic heterocycles. The predicted molar refractivity (Wildman–Crippen MR) is 121 cm³/mol. The third kappa shape index (κ3) is 3.25. The molecule has 0 spiro atoms. The lowest BCUT2D eigenvalue weighted by atomic mass is 9.86. The summed E-state index contributed by atoms with van der Waals surface area (Å²) in [5.41, 5.74) is 2.74. The Kier molecular flexibility index (Phi) is 4.57. The van der Waals surface area contributed by atoms with E-state index in [0.717, 1.165) is 44.8 Å². The number of aromatic nitrogens is 4. The largest absolute Gasteiger partial charge is 0.389 e. The van der Waals surface area contributed by atoms with Gasteiger partial charge in [-0.15, -0.1) is 16.4 Å². The SMILES string of the molecule is O=C([C@H]1CCc2c(sc3ncnc(Nc4cc5snnc5cc4Cl)c23)C1)N1CC(O)C1. The van der Waals surface area contributed by atoms with Gasteiger partial charge in [0.25, 0.3) is 0 Å². The van der Waals surface area contributed by atoms with Crippen LogP contribution in [0.1, 0.15) is 16.9 Å². The van der Waals surface area contributed by atoms with Gasteiger partial charge in [0.2, 0.25) is 5.91 Å². The maximum Gasteiger partial charge on any atom is 0.226 e. The van der Waals surface area contributed by atoms with Gasteiger partial charge >= 0.3 is 0 Å². The molecular formula is C20H17ClN6O2S2. The van der Waals surface area contributed by atoms with Crippen molar-refractivity contribution in [3.05, 3.63) is 33.9 Å². The molecule has 1 saturated heterocycles. The molecule has 3 aromatic heterocycles. The summed E-state index contributed by atoms with van der Waals surface area (Å²) in [5.74, 6) is 0.834. The molecule has 11 heteroatoms. The number of rotatable bonds is 3. The van der Waals surface area contributed by atoms with Crippen LogP contribution in [0.15, 0.2) is 18.5 Å². The number of benzene rings is 1. The molecule has 1 aliphatic carbocycles. The third-order valence-corrected chi connectivity index (χ3v) is 8.12. The number of amides is 1. The molecular weight excluding hydrogens is 456 g/mol. The van der Waals surface area contributed by atoms with Crippen molar-refractivity contribution in [2.45, 2.75) is 25.4 Å². The van der Waals surface area contributed by atoms with Crippen LogP contribution in [0.2, 0.25) is 5.02 Å². The Balaban J connectivity index is 1.33. The van der Waals surface area contributed by atoms with E-state index in [0.29, 0.717) is 24.5 Å². The smallest absolute Gasteiger partial charge is 0.226 e. The van der Waals surface area contributed by atoms with E-state index < -0.39 is 0 Å². The molecule has 4 aromatic rings. The number of fused-ring (bicyclic) bond motifs is 4. The molecule has 2 aliphatic rings. The second kappa shape index (κ2) is 7.33. The van der Waals surface area contributed by atoms with Crippen LogP contribution in [0.3, 0.4) is 0 Å². The number of aryl methyl sites for hydroxylation is 1. The summed E-state index contributed by atoms with van der Waals surface area (Å²) in [4.78, 5) is 25.6. The van der Waals surface area contributed by atoms with Gasteiger partial charge in [-0.05, 0) is 48.5 Å². The molecule has 1 fully saturated rings. The van der Waals surface area contributed by atoms with Gasteiger partial charge in [0.1, 0.15) is 22.5 Å². The van der Waals surface area contributed by atoms with Gasteiger partial charge in [-0.25, -0.2) is 9.97 Å². The van der Waals surface area contributed by atoms with E-state index in [4.69, 9.17) is 11.6 Å². The van der Waals surface area contributed by atoms with Gasteiger partial charge in [-0.1, -0.05) is 16.1 Å². The fraction of sp³-hybridized carbons (Fsp3) is 0.350. The van der Waals surface area contributed by atoms with E-state index in [2.05, 4.69) is 24.9 Å². The summed E-state index contributed by atoms with van der Waals surface area (Å²) in [6.07, 6.45) is 3.48. The summed E-state index contributed by atoms with van der Waals surface area (Å²) >= 11 is 9.41. The minimum Gasteiger partial charge on any atom is -0.389 e. The Morgan fingerprint density at radius 3 is 3.00 bits per heavy atom. The fourth-order valence-corrected chi connectivity index (χ4v) is 6.39. The second-order valence-electron chi connectivity index (χ2n) is 7.94. The molecule has 31 heavy (non-hydrogen) atoms. The van der Waals surface area contributed by atoms with E-state index in [1.54, 1.807) is 28.6 Å². The maximum atomic E-state index is 12.7. The molecule has 1 aromatic carbocycles. The molecule has 0 unspecified atom stereocenters. The average molecular weight is 473 g/mol. The van der Waals surface area contributed by atoms with Gasteiger partial charge in [-0.3, -0.25) is 4.79 Å². The number of carbonyl (C=O) groups is 1. The Labute approximate surface area is 190 Å². The van der Waals surface area contributed by atoms with Crippen LogP contribution in [-0.4, -0.2) is 54.7 Å². The highest BCUT2D eigenvalue weighted by atomic mass is 35.5. The van der Waals surface area contributed by atoms with Crippen LogP contribution in [-0.2, 0) is 17.6 Å². The van der Waals surface area contributed by atoms with Gasteiger partial charge < -0.3 is 15.3 Å². The molecule has 158 valence electrons. The van der Waals surface area contributed by atoms with Crippen LogP contribution >= 0.6 is 34.5 Å². The number of aliphatic hydroxyl groups is 1. The minimum absolute atomic E-state index is 0.0342. The van der Waals surface area contributed by atoms with Gasteiger partial charge in [0.05, 0.1) is 26.9 Å². The van der Waals surface area contributed by atoms with Crippen LogP contribution in [0, 0.1) is 5.92 Å². The van der Waals surface area contributed by atoms with Crippen molar-refractivity contribution in [1.29, 1.82) is 0 Å². The first-order valence-electron chi connectivity index (χ1n) is 9.97. The van der Waals surface area contributed by atoms with Crippen LogP contribution in [0.4, 0.5) is 11.5 Å². The zero-order chi connectivity index (χ0) is 21.1. The Morgan fingerprint density at radius 2 is 2.16 bits per heavy atom. The minimum atomic E-state index is -0.372. The fourth-order valence-electron chi connectivity index (χ4n) is 4.34. The Bertz CT molecular complexity index is 1330. The Hall–Kier alpha value is -2.40. The molecule has 0 saturated carbocycles. The van der Waals surface area contributed by atoms with Gasteiger partial charge in [0.15, 0.2) is 0 Å². The first kappa shape index (κ1) is 19.3. The highest BCUT2D eigenvalue weighted by Gasteiger charge is 2.36. The van der Waals surface area contributed by atoms with Crippen molar-refractivity contribution in [3.63, 3.8) is 0 Å². The van der Waals surface area contributed by atoms with Crippen molar-refractivity contribution < 1.29 is 9.90 Å². The zero-order valence-corrected chi connectivity index (χ0v) is 18.6. The number of hydrogen-bond acceptors (Lipinski definition) is 9. The molecule has 0 bridgehead atoms. The first-order valence-corrected chi connectivity index (χ1v) is 11.9. The van der Waals surface area contributed by atoms with Gasteiger partial charge in [-0.2, -0.15) is 0 Å². The van der Waals surface area contributed by atoms with E-state index in [1.807, 2.05) is 6.07 Å². The lowest BCUT2D eigenvalue weighted by molar-refractivity contribution is -0.146. The monoisotopic (exact) mass is 472 g/mol. The lowest BCUT2D eigenvalue weighted by Crippen LogP contribution is -2.55. The zero-order valence-electron chi connectivity index (χ0n) is 16.2. The molecule has 1 atom stereocenters. The second-order valence-corrected chi connectivity index (χ2v) is 10.2. The van der Waals surface area contributed by atoms with Gasteiger partial charge in [0, 0.05) is 23.9 Å². The third-order valence-electron chi connectivity index (χ3n) is 5.96. The highest BCUT2D eigenvalue weighted by molar-refractivity contribution is 7.19. The predicted octanol–water partition coefficient (Wildman–Crippen LogP) is 3.40. The van der Waals surface area contributed by atoms with E-state index in [1.165, 1.54) is 22.0 Å². The normalized spacial score (nSPS) is 18.9. The topological polar surface area (TPSA) is 104 Å². The van der Waals surface area contributed by atoms with Crippen molar-refractivity contribution in [2.24, 2.45) is 5.92 Å². The quantitative estimate of drug-likeness (QED) is 0.471. The molecule has 2 N–H and O–H groups in total. The van der Waals surface area contributed by atoms with Crippen molar-refractivity contribution in [2.75, 3.05) is 18.4 Å².